The second-order valence-corrected chi connectivity index (χ2v) is 15.4. The zero-order chi connectivity index (χ0) is 39.5. The Balaban J connectivity index is 1.03. The van der Waals surface area contributed by atoms with Gasteiger partial charge in [-0.3, -0.25) is 19.7 Å². The molecule has 0 aromatic heterocycles. The number of anilines is 2. The molecular weight excluding hydrogens is 751 g/mol. The van der Waals surface area contributed by atoms with Crippen molar-refractivity contribution in [3.05, 3.63) is 154 Å². The second-order valence-electron chi connectivity index (χ2n) is 12.5. The lowest BCUT2D eigenvalue weighted by atomic mass is 10.1. The number of sulfonamides is 1. The number of hydrogen-bond acceptors (Lipinski definition) is 10. The van der Waals surface area contributed by atoms with Crippen molar-refractivity contribution < 1.29 is 27.7 Å². The van der Waals surface area contributed by atoms with Crippen LogP contribution in [0.15, 0.2) is 131 Å². The first kappa shape index (κ1) is 39.4. The van der Waals surface area contributed by atoms with Crippen molar-refractivity contribution in [1.82, 2.24) is 9.62 Å². The summed E-state index contributed by atoms with van der Waals surface area (Å²) in [7, 11) is -4.43. The number of carbonyl (C=O) groups is 2. The van der Waals surface area contributed by atoms with Crippen molar-refractivity contribution >= 4 is 50.7 Å². The summed E-state index contributed by atoms with van der Waals surface area (Å²) in [6.07, 6.45) is 0. The molecule has 1 aliphatic rings. The molecule has 0 bridgehead atoms. The van der Waals surface area contributed by atoms with E-state index in [0.717, 1.165) is 28.0 Å². The summed E-state index contributed by atoms with van der Waals surface area (Å²) >= 11 is 1.58. The van der Waals surface area contributed by atoms with Crippen LogP contribution in [0.2, 0.25) is 0 Å². The van der Waals surface area contributed by atoms with Crippen LogP contribution in [0, 0.1) is 22.0 Å². The molecule has 1 heterocycles. The van der Waals surface area contributed by atoms with Gasteiger partial charge in [0.15, 0.2) is 0 Å². The highest BCUT2D eigenvalue weighted by Crippen LogP contribution is 2.28. The molecule has 1 aliphatic heterocycles. The first-order valence-electron chi connectivity index (χ1n) is 17.9. The van der Waals surface area contributed by atoms with Crippen LogP contribution in [0.5, 0.6) is 5.75 Å². The van der Waals surface area contributed by atoms with E-state index < -0.39 is 31.4 Å². The quantitative estimate of drug-likeness (QED) is 0.0435. The van der Waals surface area contributed by atoms with E-state index in [1.54, 1.807) is 34.9 Å². The van der Waals surface area contributed by atoms with Gasteiger partial charge < -0.3 is 19.9 Å². The Morgan fingerprint density at radius 2 is 1.59 bits per heavy atom. The normalized spacial score (nSPS) is 12.6. The van der Waals surface area contributed by atoms with E-state index in [1.807, 2.05) is 84.4 Å². The predicted octanol–water partition coefficient (Wildman–Crippen LogP) is 6.68. The van der Waals surface area contributed by atoms with Crippen molar-refractivity contribution in [3.8, 4) is 17.6 Å². The van der Waals surface area contributed by atoms with Gasteiger partial charge in [0.05, 0.1) is 22.0 Å². The van der Waals surface area contributed by atoms with Crippen molar-refractivity contribution in [2.45, 2.75) is 16.7 Å². The Morgan fingerprint density at radius 1 is 0.857 bits per heavy atom. The fraction of sp³-hybridized carbons (Fsp3) is 0.190. The molecule has 2 N–H and O–H groups in total. The number of carbonyl (C=O) groups excluding carboxylic acids is 2. The highest BCUT2D eigenvalue weighted by Gasteiger charge is 2.26. The van der Waals surface area contributed by atoms with E-state index in [-0.39, 0.29) is 17.2 Å². The Bertz CT molecular complexity index is 2370. The van der Waals surface area contributed by atoms with Gasteiger partial charge in [0, 0.05) is 71.8 Å². The third kappa shape index (κ3) is 10.1. The molecule has 0 atom stereocenters. The van der Waals surface area contributed by atoms with Crippen LogP contribution in [0.25, 0.3) is 0 Å². The largest absolute Gasteiger partial charge is 0.494 e. The number of piperazine rings is 1. The number of hydrogen-bond donors (Lipinski definition) is 2. The standard InChI is InChI=1S/C42H39N5O7S2/c1-2-54-35-11-8-9-31(29-35)15-16-32-10-6-7-14-38(32)42(49)46-26-24-45(25-27-46)34-19-17-33(18-20-34)41(48)44-56(52,53)37-21-22-39(40(30-37)47(50)51)43-23-28-55-36-12-4-3-5-13-36/h3-14,17-22,29-30,43H,2,23-28H2,1H3,(H,44,48). The fourth-order valence-electron chi connectivity index (χ4n) is 6.00. The average molecular weight is 790 g/mol. The van der Waals surface area contributed by atoms with Crippen LogP contribution >= 0.6 is 11.8 Å². The number of amides is 2. The van der Waals surface area contributed by atoms with Crippen molar-refractivity contribution in [1.29, 1.82) is 0 Å². The highest BCUT2D eigenvalue weighted by atomic mass is 32.2. The maximum Gasteiger partial charge on any atom is 0.293 e. The minimum Gasteiger partial charge on any atom is -0.494 e. The van der Waals surface area contributed by atoms with E-state index in [4.69, 9.17) is 4.74 Å². The average Bonchev–Trinajstić information content (AvgIpc) is 3.22. The number of nitro benzene ring substituents is 1. The van der Waals surface area contributed by atoms with E-state index in [0.29, 0.717) is 56.2 Å². The molecule has 1 fully saturated rings. The predicted molar refractivity (Wildman–Crippen MR) is 218 cm³/mol. The van der Waals surface area contributed by atoms with Gasteiger partial charge in [0.25, 0.3) is 27.5 Å². The number of nitro groups is 1. The number of rotatable bonds is 13. The van der Waals surface area contributed by atoms with Gasteiger partial charge in [-0.25, -0.2) is 13.1 Å². The smallest absolute Gasteiger partial charge is 0.293 e. The highest BCUT2D eigenvalue weighted by molar-refractivity contribution is 7.99. The summed E-state index contributed by atoms with van der Waals surface area (Å²) in [6.45, 7) is 4.89. The molecule has 1 saturated heterocycles. The fourth-order valence-corrected chi connectivity index (χ4v) is 7.78. The third-order valence-corrected chi connectivity index (χ3v) is 11.2. The lowest BCUT2D eigenvalue weighted by molar-refractivity contribution is -0.384. The van der Waals surface area contributed by atoms with Crippen LogP contribution in [-0.2, 0) is 10.0 Å². The van der Waals surface area contributed by atoms with Crippen LogP contribution in [-0.4, -0.2) is 75.1 Å². The first-order valence-corrected chi connectivity index (χ1v) is 20.3. The number of thioether (sulfide) groups is 1. The molecule has 14 heteroatoms. The Kier molecular flexibility index (Phi) is 12.9. The molecule has 2 amide bonds. The summed E-state index contributed by atoms with van der Waals surface area (Å²) in [5.74, 6) is 6.67. The molecular formula is C42H39N5O7S2. The molecule has 0 spiro atoms. The topological polar surface area (TPSA) is 151 Å². The molecule has 0 aliphatic carbocycles. The number of nitrogens with one attached hydrogen (secondary N) is 2. The summed E-state index contributed by atoms with van der Waals surface area (Å²) in [6, 6.07) is 34.4. The number of nitrogens with zero attached hydrogens (tertiary/aromatic N) is 3. The number of ether oxygens (including phenoxy) is 1. The zero-order valence-corrected chi connectivity index (χ0v) is 32.1. The lowest BCUT2D eigenvalue weighted by Crippen LogP contribution is -2.49. The lowest BCUT2D eigenvalue weighted by Gasteiger charge is -2.36. The second kappa shape index (κ2) is 18.4. The maximum atomic E-state index is 13.6. The molecule has 12 nitrogen and oxygen atoms in total. The third-order valence-electron chi connectivity index (χ3n) is 8.84. The van der Waals surface area contributed by atoms with Crippen LogP contribution < -0.4 is 19.7 Å². The molecule has 286 valence electrons. The summed E-state index contributed by atoms with van der Waals surface area (Å²) in [5, 5.41) is 14.8. The van der Waals surface area contributed by atoms with E-state index in [1.165, 1.54) is 24.3 Å². The summed E-state index contributed by atoms with van der Waals surface area (Å²) in [4.78, 5) is 42.3. The zero-order valence-electron chi connectivity index (χ0n) is 30.5. The van der Waals surface area contributed by atoms with E-state index >= 15 is 0 Å². The van der Waals surface area contributed by atoms with Gasteiger partial charge in [-0.15, -0.1) is 11.8 Å². The van der Waals surface area contributed by atoms with Gasteiger partial charge in [0.1, 0.15) is 11.4 Å². The Morgan fingerprint density at radius 3 is 2.32 bits per heavy atom. The SMILES string of the molecule is CCOc1cccc(C#Cc2ccccc2C(=O)N2CCN(c3ccc(C(=O)NS(=O)(=O)c4ccc(NCCSc5ccccc5)c([N+](=O)[O-])c4)cc3)CC2)c1. The number of benzene rings is 5. The molecule has 0 radical (unpaired) electrons. The van der Waals surface area contributed by atoms with Crippen LogP contribution in [0.4, 0.5) is 17.1 Å². The van der Waals surface area contributed by atoms with E-state index in [9.17, 15) is 28.1 Å². The molecule has 5 aromatic rings. The summed E-state index contributed by atoms with van der Waals surface area (Å²) in [5.41, 5.74) is 2.59. The molecule has 0 saturated carbocycles. The van der Waals surface area contributed by atoms with Gasteiger partial charge in [-0.05, 0) is 85.8 Å². The summed E-state index contributed by atoms with van der Waals surface area (Å²) < 4.78 is 33.9. The van der Waals surface area contributed by atoms with Crippen molar-refractivity contribution in [2.75, 3.05) is 55.3 Å². The first-order chi connectivity index (χ1) is 27.1. The minimum absolute atomic E-state index is 0.0946. The molecule has 6 rings (SSSR count). The Labute approximate surface area is 330 Å². The van der Waals surface area contributed by atoms with Crippen LogP contribution in [0.3, 0.4) is 0 Å². The monoisotopic (exact) mass is 789 g/mol. The maximum absolute atomic E-state index is 13.6. The van der Waals surface area contributed by atoms with Crippen molar-refractivity contribution in [3.63, 3.8) is 0 Å². The van der Waals surface area contributed by atoms with Gasteiger partial charge in [-0.1, -0.05) is 48.2 Å². The van der Waals surface area contributed by atoms with E-state index in [2.05, 4.69) is 22.1 Å². The van der Waals surface area contributed by atoms with Crippen LogP contribution in [0.1, 0.15) is 38.8 Å². The van der Waals surface area contributed by atoms with Gasteiger partial charge >= 0.3 is 0 Å². The molecule has 0 unspecified atom stereocenters. The van der Waals surface area contributed by atoms with Gasteiger partial charge in [-0.2, -0.15) is 0 Å². The molecule has 5 aromatic carbocycles. The van der Waals surface area contributed by atoms with Crippen molar-refractivity contribution in [2.24, 2.45) is 0 Å². The minimum atomic E-state index is -4.43. The van der Waals surface area contributed by atoms with Gasteiger partial charge in [0.2, 0.25) is 0 Å². The Hall–Kier alpha value is -6.30. The molecule has 56 heavy (non-hydrogen) atoms.